The summed E-state index contributed by atoms with van der Waals surface area (Å²) >= 11 is 0. The number of hydrogen-bond donors (Lipinski definition) is 2. The van der Waals surface area contributed by atoms with Crippen molar-refractivity contribution in [3.63, 3.8) is 0 Å². The molecule has 2 N–H and O–H groups in total. The first-order chi connectivity index (χ1) is 6.15. The Bertz CT molecular complexity index is 146. The molecule has 13 heavy (non-hydrogen) atoms. The SMILES string of the molecule is C=CCCCC=CCO.CC(=O)O. The Kier molecular flexibility index (Phi) is 15.0. The minimum Gasteiger partial charge on any atom is -0.481 e. The van der Waals surface area contributed by atoms with Gasteiger partial charge in [0.05, 0.1) is 6.61 Å². The molecule has 0 rings (SSSR count). The predicted octanol–water partition coefficient (Wildman–Crippen LogP) is 1.98. The van der Waals surface area contributed by atoms with Crippen LogP contribution in [0.15, 0.2) is 24.8 Å². The number of rotatable bonds is 5. The van der Waals surface area contributed by atoms with Gasteiger partial charge >= 0.3 is 0 Å². The van der Waals surface area contributed by atoms with Crippen molar-refractivity contribution in [2.75, 3.05) is 6.61 Å². The normalized spacial score (nSPS) is 9.08. The Morgan fingerprint density at radius 2 is 1.92 bits per heavy atom. The van der Waals surface area contributed by atoms with Crippen LogP contribution in [0.4, 0.5) is 0 Å². The topological polar surface area (TPSA) is 57.5 Å². The Labute approximate surface area is 79.4 Å². The van der Waals surface area contributed by atoms with Crippen molar-refractivity contribution < 1.29 is 15.0 Å². The van der Waals surface area contributed by atoms with Crippen LogP contribution in [0, 0.1) is 0 Å². The van der Waals surface area contributed by atoms with Gasteiger partial charge in [-0.05, 0) is 19.3 Å². The van der Waals surface area contributed by atoms with Crippen LogP contribution < -0.4 is 0 Å². The highest BCUT2D eigenvalue weighted by Crippen LogP contribution is 1.95. The van der Waals surface area contributed by atoms with Gasteiger partial charge in [0.25, 0.3) is 5.97 Å². The molecule has 0 heterocycles. The molecule has 0 saturated heterocycles. The number of carboxylic acids is 1. The van der Waals surface area contributed by atoms with Crippen LogP contribution in [0.2, 0.25) is 0 Å². The molecule has 0 fully saturated rings. The summed E-state index contributed by atoms with van der Waals surface area (Å²) in [5.41, 5.74) is 0. The molecule has 0 bridgehead atoms. The zero-order valence-corrected chi connectivity index (χ0v) is 8.07. The predicted molar refractivity (Wildman–Crippen MR) is 53.6 cm³/mol. The summed E-state index contributed by atoms with van der Waals surface area (Å²) in [5, 5.41) is 15.7. The van der Waals surface area contributed by atoms with Crippen LogP contribution in [-0.4, -0.2) is 22.8 Å². The molecule has 0 radical (unpaired) electrons. The Hall–Kier alpha value is -1.09. The van der Waals surface area contributed by atoms with Gasteiger partial charge in [-0.3, -0.25) is 4.79 Å². The van der Waals surface area contributed by atoms with Crippen LogP contribution in [-0.2, 0) is 4.79 Å². The third-order valence-corrected chi connectivity index (χ3v) is 1.05. The van der Waals surface area contributed by atoms with Gasteiger partial charge in [0, 0.05) is 6.92 Å². The number of unbranched alkanes of at least 4 members (excludes halogenated alkanes) is 2. The zero-order valence-electron chi connectivity index (χ0n) is 8.07. The second-order valence-electron chi connectivity index (χ2n) is 2.39. The van der Waals surface area contributed by atoms with Crippen LogP contribution >= 0.6 is 0 Å². The van der Waals surface area contributed by atoms with Crippen molar-refractivity contribution in [3.05, 3.63) is 24.8 Å². The van der Waals surface area contributed by atoms with Crippen molar-refractivity contribution in [1.82, 2.24) is 0 Å². The van der Waals surface area contributed by atoms with E-state index >= 15 is 0 Å². The molecule has 0 saturated carbocycles. The van der Waals surface area contributed by atoms with Crippen molar-refractivity contribution in [2.45, 2.75) is 26.2 Å². The second kappa shape index (κ2) is 13.5. The van der Waals surface area contributed by atoms with E-state index in [1.165, 1.54) is 0 Å². The van der Waals surface area contributed by atoms with Crippen molar-refractivity contribution in [1.29, 1.82) is 0 Å². The molecule has 0 aromatic rings. The maximum atomic E-state index is 9.00. The molecule has 0 aliphatic rings. The van der Waals surface area contributed by atoms with Gasteiger partial charge in [-0.15, -0.1) is 6.58 Å². The van der Waals surface area contributed by atoms with E-state index < -0.39 is 5.97 Å². The number of aliphatic carboxylic acids is 1. The van der Waals surface area contributed by atoms with E-state index in [1.807, 2.05) is 12.2 Å². The van der Waals surface area contributed by atoms with E-state index in [1.54, 1.807) is 6.08 Å². The standard InChI is InChI=1S/C8H14O.C2H4O2/c1-2-3-4-5-6-7-8-9;1-2(3)4/h2,6-7,9H,1,3-5,8H2;1H3,(H,3,4). The first kappa shape index (κ1) is 14.4. The largest absolute Gasteiger partial charge is 0.481 e. The average molecular weight is 186 g/mol. The molecular formula is C10H18O3. The van der Waals surface area contributed by atoms with E-state index in [2.05, 4.69) is 6.58 Å². The summed E-state index contributed by atoms with van der Waals surface area (Å²) in [4.78, 5) is 9.00. The number of carboxylic acid groups (broad SMARTS) is 1. The lowest BCUT2D eigenvalue weighted by Crippen LogP contribution is -1.78. The molecule has 0 atom stereocenters. The summed E-state index contributed by atoms with van der Waals surface area (Å²) in [6.07, 6.45) is 8.92. The third kappa shape index (κ3) is 35.9. The zero-order chi connectivity index (χ0) is 10.5. The summed E-state index contributed by atoms with van der Waals surface area (Å²) in [6, 6.07) is 0. The minimum absolute atomic E-state index is 0.161. The van der Waals surface area contributed by atoms with E-state index in [0.29, 0.717) is 0 Å². The Morgan fingerprint density at radius 3 is 2.31 bits per heavy atom. The number of allylic oxidation sites excluding steroid dienone is 2. The van der Waals surface area contributed by atoms with Crippen LogP contribution in [0.25, 0.3) is 0 Å². The summed E-state index contributed by atoms with van der Waals surface area (Å²) in [6.45, 7) is 4.85. The van der Waals surface area contributed by atoms with Crippen molar-refractivity contribution in [2.24, 2.45) is 0 Å². The van der Waals surface area contributed by atoms with Gasteiger partial charge in [-0.25, -0.2) is 0 Å². The summed E-state index contributed by atoms with van der Waals surface area (Å²) in [5.74, 6) is -0.833. The highest BCUT2D eigenvalue weighted by molar-refractivity contribution is 5.62. The fourth-order valence-corrected chi connectivity index (χ4v) is 0.572. The average Bonchev–Trinajstić information content (AvgIpc) is 2.03. The Morgan fingerprint density at radius 1 is 1.38 bits per heavy atom. The van der Waals surface area contributed by atoms with E-state index in [4.69, 9.17) is 15.0 Å². The van der Waals surface area contributed by atoms with Gasteiger partial charge in [-0.1, -0.05) is 18.2 Å². The highest BCUT2D eigenvalue weighted by Gasteiger charge is 1.76. The van der Waals surface area contributed by atoms with E-state index in [0.717, 1.165) is 26.2 Å². The van der Waals surface area contributed by atoms with E-state index in [-0.39, 0.29) is 6.61 Å². The molecule has 0 spiro atoms. The van der Waals surface area contributed by atoms with Crippen LogP contribution in [0.5, 0.6) is 0 Å². The lowest BCUT2D eigenvalue weighted by atomic mass is 10.2. The number of hydrogen-bond acceptors (Lipinski definition) is 2. The maximum absolute atomic E-state index is 9.00. The smallest absolute Gasteiger partial charge is 0.300 e. The van der Waals surface area contributed by atoms with Crippen LogP contribution in [0.3, 0.4) is 0 Å². The molecule has 0 unspecified atom stereocenters. The molecule has 0 aliphatic carbocycles. The fourth-order valence-electron chi connectivity index (χ4n) is 0.572. The van der Waals surface area contributed by atoms with Gasteiger partial charge in [0.1, 0.15) is 0 Å². The molecule has 76 valence electrons. The first-order valence-corrected chi connectivity index (χ1v) is 4.21. The lowest BCUT2D eigenvalue weighted by molar-refractivity contribution is -0.134. The number of aliphatic hydroxyl groups is 1. The highest BCUT2D eigenvalue weighted by atomic mass is 16.4. The van der Waals surface area contributed by atoms with Crippen LogP contribution in [0.1, 0.15) is 26.2 Å². The summed E-state index contributed by atoms with van der Waals surface area (Å²) in [7, 11) is 0. The minimum atomic E-state index is -0.833. The van der Waals surface area contributed by atoms with E-state index in [9.17, 15) is 0 Å². The maximum Gasteiger partial charge on any atom is 0.300 e. The molecular weight excluding hydrogens is 168 g/mol. The number of carbonyl (C=O) groups is 1. The van der Waals surface area contributed by atoms with Gasteiger partial charge < -0.3 is 10.2 Å². The molecule has 0 aromatic heterocycles. The lowest BCUT2D eigenvalue weighted by Gasteiger charge is -1.86. The van der Waals surface area contributed by atoms with Gasteiger partial charge in [0.2, 0.25) is 0 Å². The van der Waals surface area contributed by atoms with Crippen molar-refractivity contribution >= 4 is 5.97 Å². The quantitative estimate of drug-likeness (QED) is 0.510. The van der Waals surface area contributed by atoms with Gasteiger partial charge in [0.15, 0.2) is 0 Å². The second-order valence-corrected chi connectivity index (χ2v) is 2.39. The first-order valence-electron chi connectivity index (χ1n) is 4.21. The Balaban J connectivity index is 0. The van der Waals surface area contributed by atoms with Gasteiger partial charge in [-0.2, -0.15) is 0 Å². The molecule has 3 nitrogen and oxygen atoms in total. The fraction of sp³-hybridized carbons (Fsp3) is 0.500. The third-order valence-electron chi connectivity index (χ3n) is 1.05. The summed E-state index contributed by atoms with van der Waals surface area (Å²) < 4.78 is 0. The molecule has 3 heteroatoms. The molecule has 0 aliphatic heterocycles. The number of aliphatic hydroxyl groups excluding tert-OH is 1. The monoisotopic (exact) mass is 186 g/mol. The molecule has 0 aromatic carbocycles. The molecule has 0 amide bonds. The van der Waals surface area contributed by atoms with Crippen molar-refractivity contribution in [3.8, 4) is 0 Å².